The molecule has 3 rings (SSSR count). The van der Waals surface area contributed by atoms with E-state index in [9.17, 15) is 13.2 Å². The molecular formula is C15H11NO5S. The normalized spacial score (nSPS) is 15.5. The number of carbonyl (C=O) groups excluding carboxylic acids is 1. The van der Waals surface area contributed by atoms with Gasteiger partial charge < -0.3 is 8.92 Å². The quantitative estimate of drug-likeness (QED) is 0.636. The fraction of sp³-hybridized carbons (Fsp3) is 0.0667. The molecule has 0 saturated carbocycles. The molecule has 6 nitrogen and oxygen atoms in total. The highest BCUT2D eigenvalue weighted by Crippen LogP contribution is 2.35. The van der Waals surface area contributed by atoms with Crippen LogP contribution in [0.5, 0.6) is 11.5 Å². The second-order valence-corrected chi connectivity index (χ2v) is 6.25. The summed E-state index contributed by atoms with van der Waals surface area (Å²) in [6.45, 7) is 0. The number of carbonyl (C=O) groups is 1. The number of hydrogen-bond acceptors (Lipinski definition) is 6. The van der Waals surface area contributed by atoms with E-state index >= 15 is 0 Å². The second-order valence-electron chi connectivity index (χ2n) is 4.67. The highest BCUT2D eigenvalue weighted by atomic mass is 32.2. The Bertz CT molecular complexity index is 872. The first kappa shape index (κ1) is 14.3. The van der Waals surface area contributed by atoms with E-state index in [4.69, 9.17) is 8.92 Å². The average molecular weight is 317 g/mol. The van der Waals surface area contributed by atoms with Gasteiger partial charge in [0.15, 0.2) is 5.76 Å². The molecule has 0 atom stereocenters. The zero-order valence-corrected chi connectivity index (χ0v) is 12.3. The van der Waals surface area contributed by atoms with Crippen LogP contribution in [0.25, 0.3) is 6.08 Å². The van der Waals surface area contributed by atoms with Gasteiger partial charge in [0.05, 0.1) is 11.8 Å². The van der Waals surface area contributed by atoms with Crippen molar-refractivity contribution >= 4 is 22.0 Å². The Morgan fingerprint density at radius 2 is 2.09 bits per heavy atom. The number of rotatable bonds is 3. The predicted molar refractivity (Wildman–Crippen MR) is 79.1 cm³/mol. The molecule has 22 heavy (non-hydrogen) atoms. The molecular weight excluding hydrogens is 306 g/mol. The molecule has 1 aliphatic heterocycles. The van der Waals surface area contributed by atoms with E-state index in [-0.39, 0.29) is 23.0 Å². The van der Waals surface area contributed by atoms with Crippen LogP contribution in [0.15, 0.2) is 48.5 Å². The van der Waals surface area contributed by atoms with Gasteiger partial charge in [-0.15, -0.1) is 0 Å². The molecule has 0 aliphatic carbocycles. The third kappa shape index (κ3) is 2.99. The molecule has 1 aliphatic rings. The molecule has 0 saturated heterocycles. The summed E-state index contributed by atoms with van der Waals surface area (Å²) in [6, 6.07) is 7.80. The largest absolute Gasteiger partial charge is 0.452 e. The molecule has 0 unspecified atom stereocenters. The van der Waals surface area contributed by atoms with Crippen molar-refractivity contribution in [3.05, 3.63) is 59.6 Å². The number of ketones is 1. The first-order chi connectivity index (χ1) is 10.4. The SMILES string of the molecule is CS(=O)(=O)Oc1ccc2c(c1)OC(=Cc1cccnc1)C2=O. The van der Waals surface area contributed by atoms with Gasteiger partial charge in [-0.25, -0.2) is 0 Å². The number of hydrogen-bond donors (Lipinski definition) is 0. The topological polar surface area (TPSA) is 82.6 Å². The fourth-order valence-electron chi connectivity index (χ4n) is 2.01. The highest BCUT2D eigenvalue weighted by Gasteiger charge is 2.28. The van der Waals surface area contributed by atoms with Gasteiger partial charge in [-0.3, -0.25) is 9.78 Å². The van der Waals surface area contributed by atoms with Crippen molar-refractivity contribution in [1.29, 1.82) is 0 Å². The van der Waals surface area contributed by atoms with Crippen molar-refractivity contribution in [2.75, 3.05) is 6.26 Å². The van der Waals surface area contributed by atoms with Gasteiger partial charge in [0.1, 0.15) is 11.5 Å². The van der Waals surface area contributed by atoms with Crippen LogP contribution < -0.4 is 8.92 Å². The van der Waals surface area contributed by atoms with Gasteiger partial charge in [-0.1, -0.05) is 6.07 Å². The number of Topliss-reactive ketones (excluding diaryl/α,β-unsaturated/α-hetero) is 1. The Labute approximate surface area is 127 Å². The van der Waals surface area contributed by atoms with E-state index in [1.807, 2.05) is 0 Å². The van der Waals surface area contributed by atoms with Crippen LogP contribution in [0.1, 0.15) is 15.9 Å². The molecule has 0 bridgehead atoms. The van der Waals surface area contributed by atoms with Crippen molar-refractivity contribution in [2.24, 2.45) is 0 Å². The number of ether oxygens (including phenoxy) is 1. The Morgan fingerprint density at radius 1 is 1.27 bits per heavy atom. The molecule has 0 fully saturated rings. The van der Waals surface area contributed by atoms with E-state index in [0.717, 1.165) is 11.8 Å². The summed E-state index contributed by atoms with van der Waals surface area (Å²) < 4.78 is 32.5. The molecule has 2 heterocycles. The highest BCUT2D eigenvalue weighted by molar-refractivity contribution is 7.86. The summed E-state index contributed by atoms with van der Waals surface area (Å²) in [7, 11) is -3.63. The van der Waals surface area contributed by atoms with E-state index in [1.54, 1.807) is 30.6 Å². The van der Waals surface area contributed by atoms with Gasteiger partial charge >= 0.3 is 10.1 Å². The Morgan fingerprint density at radius 3 is 2.77 bits per heavy atom. The van der Waals surface area contributed by atoms with Crippen molar-refractivity contribution < 1.29 is 22.1 Å². The third-order valence-corrected chi connectivity index (χ3v) is 3.37. The molecule has 112 valence electrons. The Kier molecular flexibility index (Phi) is 3.42. The molecule has 7 heteroatoms. The minimum absolute atomic E-state index is 0.0941. The Hall–Kier alpha value is -2.67. The number of aromatic nitrogens is 1. The molecule has 2 aromatic rings. The monoisotopic (exact) mass is 317 g/mol. The minimum atomic E-state index is -3.63. The average Bonchev–Trinajstić information content (AvgIpc) is 2.74. The molecule has 1 aromatic heterocycles. The lowest BCUT2D eigenvalue weighted by atomic mass is 10.1. The first-order valence-electron chi connectivity index (χ1n) is 6.30. The van der Waals surface area contributed by atoms with E-state index < -0.39 is 10.1 Å². The number of benzene rings is 1. The zero-order valence-electron chi connectivity index (χ0n) is 11.5. The smallest absolute Gasteiger partial charge is 0.306 e. The zero-order chi connectivity index (χ0) is 15.7. The summed E-state index contributed by atoms with van der Waals surface area (Å²) >= 11 is 0. The lowest BCUT2D eigenvalue weighted by Crippen LogP contribution is -2.05. The maximum atomic E-state index is 12.2. The molecule has 0 spiro atoms. The van der Waals surface area contributed by atoms with Crippen molar-refractivity contribution in [3.63, 3.8) is 0 Å². The Balaban J connectivity index is 1.92. The number of allylic oxidation sites excluding steroid dienone is 1. The van der Waals surface area contributed by atoms with Gasteiger partial charge in [0.2, 0.25) is 5.78 Å². The predicted octanol–water partition coefficient (Wildman–Crippen LogP) is 2.04. The molecule has 1 aromatic carbocycles. The standard InChI is InChI=1S/C15H11NO5S/c1-22(18,19)21-11-4-5-12-13(8-11)20-14(15(12)17)7-10-3-2-6-16-9-10/h2-9H,1H3. The lowest BCUT2D eigenvalue weighted by molar-refractivity contribution is 0.101. The number of nitrogens with zero attached hydrogens (tertiary/aromatic N) is 1. The van der Waals surface area contributed by atoms with Gasteiger partial charge in [-0.2, -0.15) is 8.42 Å². The van der Waals surface area contributed by atoms with Crippen LogP contribution in [-0.4, -0.2) is 25.4 Å². The van der Waals surface area contributed by atoms with Crippen molar-refractivity contribution in [1.82, 2.24) is 4.98 Å². The minimum Gasteiger partial charge on any atom is -0.452 e. The molecule has 0 N–H and O–H groups in total. The van der Waals surface area contributed by atoms with Crippen molar-refractivity contribution in [3.8, 4) is 11.5 Å². The summed E-state index contributed by atoms with van der Waals surface area (Å²) in [6.07, 6.45) is 5.75. The van der Waals surface area contributed by atoms with Crippen LogP contribution in [0.2, 0.25) is 0 Å². The lowest BCUT2D eigenvalue weighted by Gasteiger charge is -2.03. The van der Waals surface area contributed by atoms with Gasteiger partial charge in [0, 0.05) is 18.5 Å². The van der Waals surface area contributed by atoms with Gasteiger partial charge in [-0.05, 0) is 29.8 Å². The van der Waals surface area contributed by atoms with Crippen LogP contribution in [0.3, 0.4) is 0 Å². The van der Waals surface area contributed by atoms with E-state index in [1.165, 1.54) is 18.2 Å². The van der Waals surface area contributed by atoms with E-state index in [2.05, 4.69) is 4.98 Å². The maximum Gasteiger partial charge on any atom is 0.306 e. The number of fused-ring (bicyclic) bond motifs is 1. The molecule has 0 amide bonds. The summed E-state index contributed by atoms with van der Waals surface area (Å²) in [5.74, 6) is 0.238. The van der Waals surface area contributed by atoms with Crippen LogP contribution in [0.4, 0.5) is 0 Å². The second kappa shape index (κ2) is 5.27. The van der Waals surface area contributed by atoms with E-state index in [0.29, 0.717) is 5.56 Å². The first-order valence-corrected chi connectivity index (χ1v) is 8.12. The molecule has 0 radical (unpaired) electrons. The van der Waals surface area contributed by atoms with Gasteiger partial charge in [0.25, 0.3) is 0 Å². The third-order valence-electron chi connectivity index (χ3n) is 2.87. The van der Waals surface area contributed by atoms with Crippen LogP contribution in [-0.2, 0) is 10.1 Å². The van der Waals surface area contributed by atoms with Crippen molar-refractivity contribution in [2.45, 2.75) is 0 Å². The van der Waals surface area contributed by atoms with Crippen LogP contribution in [0, 0.1) is 0 Å². The maximum absolute atomic E-state index is 12.2. The number of pyridine rings is 1. The van der Waals surface area contributed by atoms with Crippen LogP contribution >= 0.6 is 0 Å². The fourth-order valence-corrected chi connectivity index (χ4v) is 2.46. The summed E-state index contributed by atoms with van der Waals surface area (Å²) in [4.78, 5) is 16.2. The summed E-state index contributed by atoms with van der Waals surface area (Å²) in [5, 5.41) is 0. The summed E-state index contributed by atoms with van der Waals surface area (Å²) in [5.41, 5.74) is 1.09.